The number of nitrogen functional groups attached to an aromatic ring is 2. The van der Waals surface area contributed by atoms with Gasteiger partial charge in [-0.3, -0.25) is 4.90 Å². The molecule has 12 nitrogen and oxygen atoms in total. The average Bonchev–Trinajstić information content (AvgIpc) is 3.71. The van der Waals surface area contributed by atoms with Crippen molar-refractivity contribution in [2.45, 2.75) is 61.8 Å². The zero-order valence-electron chi connectivity index (χ0n) is 24.8. The number of pyridine rings is 1. The molecule has 2 bridgehead atoms. The first kappa shape index (κ1) is 27.4. The number of oxazole rings is 1. The van der Waals surface area contributed by atoms with Crippen LogP contribution in [0.4, 0.5) is 26.3 Å². The number of hydrogen-bond donors (Lipinski definition) is 3. The van der Waals surface area contributed by atoms with Gasteiger partial charge in [0.1, 0.15) is 29.3 Å². The summed E-state index contributed by atoms with van der Waals surface area (Å²) in [6.07, 6.45) is 3.53. The van der Waals surface area contributed by atoms with E-state index in [9.17, 15) is 8.78 Å². The zero-order valence-corrected chi connectivity index (χ0v) is 24.8. The van der Waals surface area contributed by atoms with Crippen LogP contribution in [-0.4, -0.2) is 94.6 Å². The monoisotopic (exact) mass is 619 g/mol. The molecule has 2 unspecified atom stereocenters. The van der Waals surface area contributed by atoms with Crippen LogP contribution >= 0.6 is 0 Å². The topological polar surface area (TPSA) is 154 Å². The van der Waals surface area contributed by atoms with Gasteiger partial charge < -0.3 is 35.6 Å². The van der Waals surface area contributed by atoms with Gasteiger partial charge in [-0.1, -0.05) is 0 Å². The van der Waals surface area contributed by atoms with Gasteiger partial charge in [-0.05, 0) is 44.4 Å². The molecule has 5 aliphatic heterocycles. The number of halogens is 2. The Kier molecular flexibility index (Phi) is 6.13. The number of alkyl halides is 1. The number of nitrogens with one attached hydrogen (secondary N) is 1. The van der Waals surface area contributed by atoms with Crippen LogP contribution in [0.1, 0.15) is 43.7 Å². The first-order chi connectivity index (χ1) is 21.9. The molecule has 4 aromatic rings. The van der Waals surface area contributed by atoms with Crippen LogP contribution in [0.3, 0.4) is 0 Å². The lowest BCUT2D eigenvalue weighted by Gasteiger charge is -2.37. The first-order valence-corrected chi connectivity index (χ1v) is 15.8. The standard InChI is InChI=1S/C31H35F2N9O3/c32-16-8-31(6-1-7-41(31)11-16)14-44-30-39-25-22(34)21(19-4-5-20(33)27-24(19)38-29(35)45-27)23(15-12-43-13-15)37-26(25)28(40-30)42-17-2-3-18(42)10-36-9-17/h4-5,15-18,36H,1-3,6-14H2,(H2,34,37)(H2,35,38)/t16-,17?,18?,31+/m1/s1. The molecule has 0 spiro atoms. The van der Waals surface area contributed by atoms with E-state index in [0.717, 1.165) is 45.3 Å². The SMILES string of the molecule is Nc1nc2c(-c3c(C4COC4)nc4c(N5C6CCC5CNC6)nc(OC[C@@]56CCCN5C[C@H](F)C6)nc4c3N)ccc(F)c2o1. The molecule has 0 amide bonds. The Bertz CT molecular complexity index is 1820. The second-order valence-corrected chi connectivity index (χ2v) is 13.2. The lowest BCUT2D eigenvalue weighted by molar-refractivity contribution is 0.00710. The fourth-order valence-electron chi connectivity index (χ4n) is 8.33. The second-order valence-electron chi connectivity index (χ2n) is 13.2. The highest BCUT2D eigenvalue weighted by Crippen LogP contribution is 2.46. The highest BCUT2D eigenvalue weighted by atomic mass is 19.1. The number of benzene rings is 1. The van der Waals surface area contributed by atoms with Crippen molar-refractivity contribution in [2.75, 3.05) is 62.4 Å². The summed E-state index contributed by atoms with van der Waals surface area (Å²) < 4.78 is 46.7. The van der Waals surface area contributed by atoms with Crippen molar-refractivity contribution < 1.29 is 22.7 Å². The Labute approximate surface area is 257 Å². The lowest BCUT2D eigenvalue weighted by atomic mass is 9.91. The Morgan fingerprint density at radius 1 is 1.04 bits per heavy atom. The smallest absolute Gasteiger partial charge is 0.319 e. The second kappa shape index (κ2) is 10.1. The fourth-order valence-corrected chi connectivity index (χ4v) is 8.33. The molecule has 5 N–H and O–H groups in total. The molecule has 5 aliphatic rings. The van der Waals surface area contributed by atoms with Gasteiger partial charge in [0.15, 0.2) is 17.2 Å². The van der Waals surface area contributed by atoms with Crippen LogP contribution in [0.2, 0.25) is 0 Å². The molecule has 5 fully saturated rings. The fraction of sp³-hybridized carbons (Fsp3) is 0.548. The van der Waals surface area contributed by atoms with E-state index in [2.05, 4.69) is 20.1 Å². The molecule has 5 saturated heterocycles. The van der Waals surface area contributed by atoms with Gasteiger partial charge in [0.25, 0.3) is 6.01 Å². The molecule has 0 aliphatic carbocycles. The van der Waals surface area contributed by atoms with Crippen LogP contribution in [0.5, 0.6) is 6.01 Å². The third-order valence-electron chi connectivity index (χ3n) is 10.5. The lowest BCUT2D eigenvalue weighted by Crippen LogP contribution is -2.52. The molecule has 4 atom stereocenters. The van der Waals surface area contributed by atoms with Crippen molar-refractivity contribution in [2.24, 2.45) is 0 Å². The predicted octanol–water partition coefficient (Wildman–Crippen LogP) is 3.15. The van der Waals surface area contributed by atoms with Gasteiger partial charge >= 0.3 is 6.01 Å². The summed E-state index contributed by atoms with van der Waals surface area (Å²) in [5.74, 6) is 0.0771. The quantitative estimate of drug-likeness (QED) is 0.291. The molecule has 236 valence electrons. The van der Waals surface area contributed by atoms with E-state index in [0.29, 0.717) is 72.1 Å². The summed E-state index contributed by atoms with van der Waals surface area (Å²) >= 11 is 0. The van der Waals surface area contributed by atoms with Crippen LogP contribution < -0.4 is 26.4 Å². The normalized spacial score (nSPS) is 28.3. The van der Waals surface area contributed by atoms with Crippen molar-refractivity contribution >= 4 is 39.7 Å². The summed E-state index contributed by atoms with van der Waals surface area (Å²) in [6.45, 7) is 4.22. The van der Waals surface area contributed by atoms with Gasteiger partial charge in [0, 0.05) is 55.2 Å². The maximum Gasteiger partial charge on any atom is 0.319 e. The molecular weight excluding hydrogens is 584 g/mol. The minimum absolute atomic E-state index is 0.0389. The minimum atomic E-state index is -0.868. The number of piperazine rings is 1. The van der Waals surface area contributed by atoms with E-state index in [4.69, 9.17) is 40.3 Å². The van der Waals surface area contributed by atoms with Crippen LogP contribution in [0.25, 0.3) is 33.3 Å². The molecule has 8 heterocycles. The third-order valence-corrected chi connectivity index (χ3v) is 10.5. The van der Waals surface area contributed by atoms with E-state index in [1.54, 1.807) is 6.07 Å². The maximum absolute atomic E-state index is 14.8. The number of anilines is 3. The number of aromatic nitrogens is 4. The molecule has 9 rings (SSSR count). The zero-order chi connectivity index (χ0) is 30.4. The molecular formula is C31H35F2N9O3. The molecule has 0 saturated carbocycles. The van der Waals surface area contributed by atoms with Gasteiger partial charge in [0.2, 0.25) is 0 Å². The highest BCUT2D eigenvalue weighted by molar-refractivity contribution is 6.05. The number of ether oxygens (including phenoxy) is 2. The van der Waals surface area contributed by atoms with E-state index in [1.807, 2.05) is 0 Å². The van der Waals surface area contributed by atoms with Gasteiger partial charge in [-0.15, -0.1) is 0 Å². The third kappa shape index (κ3) is 4.18. The summed E-state index contributed by atoms with van der Waals surface area (Å²) in [7, 11) is 0. The van der Waals surface area contributed by atoms with Crippen molar-refractivity contribution in [1.29, 1.82) is 0 Å². The van der Waals surface area contributed by atoms with Gasteiger partial charge in [-0.2, -0.15) is 15.0 Å². The van der Waals surface area contributed by atoms with Crippen molar-refractivity contribution in [3.05, 3.63) is 23.6 Å². The molecule has 1 aromatic carbocycles. The molecule has 3 aromatic heterocycles. The van der Waals surface area contributed by atoms with Crippen molar-refractivity contribution in [1.82, 2.24) is 30.2 Å². The summed E-state index contributed by atoms with van der Waals surface area (Å²) in [5.41, 5.74) is 16.0. The largest absolute Gasteiger partial charge is 0.461 e. The average molecular weight is 620 g/mol. The van der Waals surface area contributed by atoms with Gasteiger partial charge in [0.05, 0.1) is 30.1 Å². The summed E-state index contributed by atoms with van der Waals surface area (Å²) in [5, 5.41) is 3.54. The number of hydrogen-bond acceptors (Lipinski definition) is 12. The first-order valence-electron chi connectivity index (χ1n) is 15.8. The van der Waals surface area contributed by atoms with Gasteiger partial charge in [-0.25, -0.2) is 13.8 Å². The Hall–Kier alpha value is -3.88. The Morgan fingerprint density at radius 3 is 2.64 bits per heavy atom. The predicted molar refractivity (Wildman–Crippen MR) is 163 cm³/mol. The molecule has 45 heavy (non-hydrogen) atoms. The van der Waals surface area contributed by atoms with Crippen LogP contribution in [-0.2, 0) is 4.74 Å². The van der Waals surface area contributed by atoms with E-state index < -0.39 is 12.0 Å². The highest BCUT2D eigenvalue weighted by Gasteiger charge is 2.49. The Balaban J connectivity index is 1.24. The number of fused-ring (bicyclic) bond motifs is 5. The van der Waals surface area contributed by atoms with Crippen LogP contribution in [0.15, 0.2) is 16.5 Å². The van der Waals surface area contributed by atoms with E-state index >= 15 is 0 Å². The molecule has 0 radical (unpaired) electrons. The molecule has 14 heteroatoms. The van der Waals surface area contributed by atoms with E-state index in [-0.39, 0.29) is 46.7 Å². The van der Waals surface area contributed by atoms with E-state index in [1.165, 1.54) is 6.07 Å². The number of nitrogens with zero attached hydrogens (tertiary/aromatic N) is 6. The number of nitrogens with two attached hydrogens (primary N) is 2. The van der Waals surface area contributed by atoms with Crippen LogP contribution in [0, 0.1) is 5.82 Å². The number of rotatable bonds is 6. The summed E-state index contributed by atoms with van der Waals surface area (Å²) in [4.78, 5) is 24.0. The minimum Gasteiger partial charge on any atom is -0.461 e. The van der Waals surface area contributed by atoms with Crippen molar-refractivity contribution in [3.63, 3.8) is 0 Å². The summed E-state index contributed by atoms with van der Waals surface area (Å²) in [6, 6.07) is 3.47. The maximum atomic E-state index is 14.8. The van der Waals surface area contributed by atoms with Crippen molar-refractivity contribution in [3.8, 4) is 17.1 Å². The Morgan fingerprint density at radius 2 is 1.87 bits per heavy atom.